The molecule has 0 aromatic carbocycles. The molecule has 0 rings (SSSR count). The van der Waals surface area contributed by atoms with Crippen molar-refractivity contribution in [2.45, 2.75) is 6.43 Å². The highest BCUT2D eigenvalue weighted by Crippen LogP contribution is 1.85. The molecule has 4 heteroatoms. The van der Waals surface area contributed by atoms with Gasteiger partial charge in [-0.1, -0.05) is 0 Å². The molecule has 0 spiro atoms. The summed E-state index contributed by atoms with van der Waals surface area (Å²) in [6.07, 6.45) is -2.86. The molecular weight excluding hydrogens is 118 g/mol. The van der Waals surface area contributed by atoms with Crippen molar-refractivity contribution in [2.24, 2.45) is 0 Å². The third kappa shape index (κ3) is 4.89. The normalized spacial score (nSPS) is 7.88. The van der Waals surface area contributed by atoms with E-state index < -0.39 is 12.4 Å². The second kappa shape index (κ2) is 2.97. The van der Waals surface area contributed by atoms with Crippen LogP contribution in [0.4, 0.5) is 8.78 Å². The van der Waals surface area contributed by atoms with Gasteiger partial charge in [0, 0.05) is 5.92 Å². The minimum atomic E-state index is -2.86. The van der Waals surface area contributed by atoms with E-state index in [1.54, 1.807) is 0 Å². The Hall–Kier alpha value is -1.11. The van der Waals surface area contributed by atoms with Gasteiger partial charge in [-0.2, -0.15) is 8.78 Å². The molecule has 1 N–H and O–H groups in total. The van der Waals surface area contributed by atoms with Crippen molar-refractivity contribution in [1.82, 2.24) is 0 Å². The van der Waals surface area contributed by atoms with Crippen molar-refractivity contribution >= 4 is 5.97 Å². The zero-order chi connectivity index (χ0) is 6.57. The maximum absolute atomic E-state index is 11.0. The first kappa shape index (κ1) is 6.89. The summed E-state index contributed by atoms with van der Waals surface area (Å²) in [7, 11) is 0. The maximum atomic E-state index is 11.0. The number of carboxylic acids is 1. The smallest absolute Gasteiger partial charge is 0.382 e. The van der Waals surface area contributed by atoms with Gasteiger partial charge in [0.15, 0.2) is 0 Å². The molecule has 2 nitrogen and oxygen atoms in total. The van der Waals surface area contributed by atoms with Crippen molar-refractivity contribution in [1.29, 1.82) is 0 Å². The first-order chi connectivity index (χ1) is 3.63. The third-order valence-corrected chi connectivity index (χ3v) is 0.288. The fourth-order valence-electron chi connectivity index (χ4n) is 0.116. The summed E-state index contributed by atoms with van der Waals surface area (Å²) in [5.41, 5.74) is 0. The summed E-state index contributed by atoms with van der Waals surface area (Å²) >= 11 is 0. The predicted octanol–water partition coefficient (Wildman–Crippen LogP) is 0.340. The molecule has 0 fully saturated rings. The number of hydrogen-bond acceptors (Lipinski definition) is 1. The fraction of sp³-hybridized carbons (Fsp3) is 0.250. The van der Waals surface area contributed by atoms with Crippen LogP contribution in [0.1, 0.15) is 0 Å². The molecule has 0 aromatic heterocycles. The minimum absolute atomic E-state index is 1.16. The Balaban J connectivity index is 3.68. The molecule has 8 heavy (non-hydrogen) atoms. The molecule has 0 saturated carbocycles. The van der Waals surface area contributed by atoms with Gasteiger partial charge in [0.2, 0.25) is 0 Å². The number of alkyl halides is 2. The molecule has 0 unspecified atom stereocenters. The van der Waals surface area contributed by atoms with Crippen molar-refractivity contribution in [3.8, 4) is 11.8 Å². The fourth-order valence-corrected chi connectivity index (χ4v) is 0.116. The van der Waals surface area contributed by atoms with Crippen molar-refractivity contribution in [2.75, 3.05) is 0 Å². The first-order valence-electron chi connectivity index (χ1n) is 1.65. The second-order valence-corrected chi connectivity index (χ2v) is 0.875. The molecule has 0 atom stereocenters. The van der Waals surface area contributed by atoms with Crippen LogP contribution in [0.5, 0.6) is 0 Å². The van der Waals surface area contributed by atoms with E-state index in [2.05, 4.69) is 0 Å². The Kier molecular flexibility index (Phi) is 2.56. The lowest BCUT2D eigenvalue weighted by molar-refractivity contribution is -0.130. The van der Waals surface area contributed by atoms with Crippen LogP contribution in [0.15, 0.2) is 0 Å². The second-order valence-electron chi connectivity index (χ2n) is 0.875. The molecule has 0 aliphatic heterocycles. The average Bonchev–Trinajstić information content (AvgIpc) is 1.61. The highest BCUT2D eigenvalue weighted by Gasteiger charge is 1.92. The van der Waals surface area contributed by atoms with E-state index in [1.807, 2.05) is 0 Å². The minimum Gasteiger partial charge on any atom is -0.472 e. The molecule has 0 aliphatic carbocycles. The Bertz CT molecular complexity index is 142. The maximum Gasteiger partial charge on any atom is 0.382 e. The number of hydrogen-bond donors (Lipinski definition) is 1. The van der Waals surface area contributed by atoms with Crippen molar-refractivity contribution in [3.63, 3.8) is 0 Å². The van der Waals surface area contributed by atoms with E-state index >= 15 is 0 Å². The number of rotatable bonds is 0. The molecule has 0 heterocycles. The van der Waals surface area contributed by atoms with E-state index in [0.29, 0.717) is 0 Å². The number of carboxylic acid groups (broad SMARTS) is 1. The third-order valence-electron chi connectivity index (χ3n) is 0.288. The SMILES string of the molecule is O=C(O)C#CC(F)F. The van der Waals surface area contributed by atoms with Crippen LogP contribution < -0.4 is 0 Å². The summed E-state index contributed by atoms with van der Waals surface area (Å²) in [5, 5.41) is 7.66. The largest absolute Gasteiger partial charge is 0.472 e. The predicted molar refractivity (Wildman–Crippen MR) is 21.4 cm³/mol. The Labute approximate surface area is 44.1 Å². The lowest BCUT2D eigenvalue weighted by atomic mass is 10.6. The van der Waals surface area contributed by atoms with Crippen LogP contribution >= 0.6 is 0 Å². The quantitative estimate of drug-likeness (QED) is 0.468. The monoisotopic (exact) mass is 120 g/mol. The summed E-state index contributed by atoms with van der Waals surface area (Å²) in [4.78, 5) is 9.40. The number of aliphatic carboxylic acids is 1. The Morgan fingerprint density at radius 2 is 2.12 bits per heavy atom. The van der Waals surface area contributed by atoms with E-state index in [4.69, 9.17) is 5.11 Å². The van der Waals surface area contributed by atoms with Crippen LogP contribution in [0.25, 0.3) is 0 Å². The van der Waals surface area contributed by atoms with Gasteiger partial charge in [0.25, 0.3) is 6.43 Å². The number of halogens is 2. The summed E-state index contributed by atoms with van der Waals surface area (Å²) in [6, 6.07) is 0. The molecule has 0 amide bonds. The molecule has 0 bridgehead atoms. The van der Waals surface area contributed by atoms with Gasteiger partial charge in [-0.3, -0.25) is 0 Å². The van der Waals surface area contributed by atoms with Gasteiger partial charge in [-0.05, 0) is 5.92 Å². The zero-order valence-electron chi connectivity index (χ0n) is 3.69. The molecule has 0 aliphatic rings. The van der Waals surface area contributed by atoms with Crippen LogP contribution in [0.2, 0.25) is 0 Å². The van der Waals surface area contributed by atoms with Gasteiger partial charge in [0.05, 0.1) is 0 Å². The summed E-state index contributed by atoms with van der Waals surface area (Å²) in [6.45, 7) is 0. The van der Waals surface area contributed by atoms with Gasteiger partial charge in [0.1, 0.15) is 0 Å². The van der Waals surface area contributed by atoms with Gasteiger partial charge in [-0.15, -0.1) is 0 Å². The van der Waals surface area contributed by atoms with Crippen LogP contribution in [0.3, 0.4) is 0 Å². The highest BCUT2D eigenvalue weighted by atomic mass is 19.3. The van der Waals surface area contributed by atoms with Gasteiger partial charge >= 0.3 is 5.97 Å². The van der Waals surface area contributed by atoms with Crippen LogP contribution in [-0.2, 0) is 4.79 Å². The zero-order valence-corrected chi connectivity index (χ0v) is 3.69. The molecular formula is C4H2F2O2. The standard InChI is InChI=1S/C4H2F2O2/c5-3(6)1-2-4(7)8/h3H,(H,7,8). The molecule has 44 valence electrons. The molecule has 0 saturated heterocycles. The lowest BCUT2D eigenvalue weighted by Gasteiger charge is -1.75. The highest BCUT2D eigenvalue weighted by molar-refractivity contribution is 5.86. The van der Waals surface area contributed by atoms with Crippen LogP contribution in [0, 0.1) is 11.8 Å². The Morgan fingerprint density at radius 1 is 1.62 bits per heavy atom. The van der Waals surface area contributed by atoms with Gasteiger partial charge < -0.3 is 5.11 Å². The van der Waals surface area contributed by atoms with E-state index in [-0.39, 0.29) is 0 Å². The average molecular weight is 120 g/mol. The molecule has 0 radical (unpaired) electrons. The summed E-state index contributed by atoms with van der Waals surface area (Å²) in [5.74, 6) is 0.887. The number of carbonyl (C=O) groups is 1. The van der Waals surface area contributed by atoms with E-state index in [1.165, 1.54) is 5.92 Å². The lowest BCUT2D eigenvalue weighted by Crippen LogP contribution is -1.89. The van der Waals surface area contributed by atoms with E-state index in [9.17, 15) is 13.6 Å². The summed E-state index contributed by atoms with van der Waals surface area (Å²) < 4.78 is 21.9. The molecule has 0 aromatic rings. The van der Waals surface area contributed by atoms with E-state index in [0.717, 1.165) is 5.92 Å². The topological polar surface area (TPSA) is 37.3 Å². The van der Waals surface area contributed by atoms with Gasteiger partial charge in [-0.25, -0.2) is 4.79 Å². The van der Waals surface area contributed by atoms with Crippen LogP contribution in [-0.4, -0.2) is 17.5 Å². The van der Waals surface area contributed by atoms with Crippen molar-refractivity contribution < 1.29 is 18.7 Å². The first-order valence-corrected chi connectivity index (χ1v) is 1.65. The van der Waals surface area contributed by atoms with Crippen molar-refractivity contribution in [3.05, 3.63) is 0 Å². The Morgan fingerprint density at radius 3 is 2.25 bits per heavy atom.